The van der Waals surface area contributed by atoms with Crippen molar-refractivity contribution in [3.05, 3.63) is 86.5 Å². The molecule has 0 radical (unpaired) electrons. The number of hydrogen-bond acceptors (Lipinski definition) is 9. The first-order valence-corrected chi connectivity index (χ1v) is 11.9. The maximum absolute atomic E-state index is 12.3. The highest BCUT2D eigenvalue weighted by Gasteiger charge is 2.49. The van der Waals surface area contributed by atoms with Crippen LogP contribution in [0.15, 0.2) is 36.4 Å². The molecule has 3 aromatic rings. The molecule has 3 aromatic carbocycles. The zero-order valence-electron chi connectivity index (χ0n) is 21.1. The summed E-state index contributed by atoms with van der Waals surface area (Å²) >= 11 is 0. The quantitative estimate of drug-likeness (QED) is 0.179. The minimum absolute atomic E-state index is 0.0210. The van der Waals surface area contributed by atoms with Crippen molar-refractivity contribution in [2.45, 2.75) is 11.8 Å². The second-order valence-electron chi connectivity index (χ2n) is 8.81. The van der Waals surface area contributed by atoms with E-state index in [1.165, 1.54) is 21.3 Å². The summed E-state index contributed by atoms with van der Waals surface area (Å²) < 4.78 is 33.5. The molecule has 0 amide bonds. The number of hydrogen-bond donors (Lipinski definition) is 0. The van der Waals surface area contributed by atoms with Gasteiger partial charge in [0.1, 0.15) is 36.1 Å². The molecule has 3 aliphatic carbocycles. The largest absolute Gasteiger partial charge is 0.467 e. The molecule has 0 saturated heterocycles. The molecule has 0 fully saturated rings. The predicted octanol–water partition coefficient (Wildman–Crippen LogP) is 4.06. The molecular weight excluding hydrogens is 492 g/mol. The molecule has 0 unspecified atom stereocenters. The van der Waals surface area contributed by atoms with Crippen LogP contribution in [0.4, 0.5) is 0 Å². The summed E-state index contributed by atoms with van der Waals surface area (Å²) in [6.45, 7) is -0.0631. The van der Waals surface area contributed by atoms with Gasteiger partial charge in [0.2, 0.25) is 0 Å². The number of rotatable bonds is 12. The van der Waals surface area contributed by atoms with Crippen LogP contribution in [-0.2, 0) is 14.2 Å². The average Bonchev–Trinajstić information content (AvgIpc) is 2.96. The first kappa shape index (κ1) is 25.6. The highest BCUT2D eigenvalue weighted by atomic mass is 16.7. The van der Waals surface area contributed by atoms with Crippen molar-refractivity contribution in [1.29, 1.82) is 0 Å². The van der Waals surface area contributed by atoms with Gasteiger partial charge in [0.05, 0.1) is 0 Å². The Morgan fingerprint density at radius 1 is 0.500 bits per heavy atom. The standard InChI is InChI=1S/C29H26O9/c1-33-13-36-19-7-4-16(10-30)22-25(19)29-26-20(37-14-34-2)8-5-17(11-31)23(26)28(22)24-18(12-32)6-9-21(27(24)29)38-15-35-3/h4-12,28-29H,13-15H2,1-3H3. The van der Waals surface area contributed by atoms with Crippen LogP contribution in [0, 0.1) is 0 Å². The van der Waals surface area contributed by atoms with E-state index in [0.29, 0.717) is 67.3 Å². The number of carbonyl (C=O) groups excluding carboxylic acids is 3. The van der Waals surface area contributed by atoms with Crippen molar-refractivity contribution in [3.63, 3.8) is 0 Å². The predicted molar refractivity (Wildman–Crippen MR) is 135 cm³/mol. The molecule has 0 aromatic heterocycles. The van der Waals surface area contributed by atoms with Crippen molar-refractivity contribution >= 4 is 18.9 Å². The first-order chi connectivity index (χ1) is 18.6. The molecule has 0 atom stereocenters. The van der Waals surface area contributed by atoms with Gasteiger partial charge in [0, 0.05) is 66.5 Å². The lowest BCUT2D eigenvalue weighted by atomic mass is 9.58. The molecule has 0 saturated carbocycles. The maximum Gasteiger partial charge on any atom is 0.188 e. The summed E-state index contributed by atoms with van der Waals surface area (Å²) in [5.41, 5.74) is 5.42. The number of methoxy groups -OCH3 is 3. The lowest BCUT2D eigenvalue weighted by Gasteiger charge is -2.45. The molecule has 9 heteroatoms. The monoisotopic (exact) mass is 518 g/mol. The van der Waals surface area contributed by atoms with Crippen molar-refractivity contribution in [2.75, 3.05) is 41.7 Å². The summed E-state index contributed by atoms with van der Waals surface area (Å²) in [5.74, 6) is 0.251. The van der Waals surface area contributed by atoms with Crippen LogP contribution < -0.4 is 14.2 Å². The van der Waals surface area contributed by atoms with Gasteiger partial charge in [0.15, 0.2) is 20.4 Å². The van der Waals surface area contributed by atoms with Crippen LogP contribution in [0.1, 0.15) is 76.3 Å². The Labute approximate surface area is 219 Å². The van der Waals surface area contributed by atoms with E-state index in [0.717, 1.165) is 18.9 Å². The molecule has 38 heavy (non-hydrogen) atoms. The van der Waals surface area contributed by atoms with Gasteiger partial charge in [-0.1, -0.05) is 0 Å². The van der Waals surface area contributed by atoms with Gasteiger partial charge in [-0.05, 0) is 53.1 Å². The molecule has 0 aliphatic heterocycles. The SMILES string of the molecule is COCOc1ccc(C=O)c2c1C1c3c(OCOC)ccc(C=O)c3C2c2c(C=O)ccc(OCOC)c21. The van der Waals surface area contributed by atoms with Crippen LogP contribution in [0.2, 0.25) is 0 Å². The minimum Gasteiger partial charge on any atom is -0.467 e. The van der Waals surface area contributed by atoms with Crippen LogP contribution >= 0.6 is 0 Å². The maximum atomic E-state index is 12.3. The summed E-state index contributed by atoms with van der Waals surface area (Å²) in [5, 5.41) is 0. The van der Waals surface area contributed by atoms with E-state index in [4.69, 9.17) is 28.4 Å². The van der Waals surface area contributed by atoms with E-state index in [1.54, 1.807) is 36.4 Å². The third kappa shape index (κ3) is 3.87. The Hall–Kier alpha value is -4.05. The Morgan fingerprint density at radius 2 is 0.789 bits per heavy atom. The van der Waals surface area contributed by atoms with Crippen LogP contribution in [0.5, 0.6) is 17.2 Å². The van der Waals surface area contributed by atoms with Crippen molar-refractivity contribution < 1.29 is 42.8 Å². The Morgan fingerprint density at radius 3 is 1.05 bits per heavy atom. The fraction of sp³-hybridized carbons (Fsp3) is 0.276. The smallest absolute Gasteiger partial charge is 0.188 e. The van der Waals surface area contributed by atoms with Gasteiger partial charge in [-0.2, -0.15) is 0 Å². The molecule has 3 aliphatic rings. The third-order valence-electron chi connectivity index (χ3n) is 6.95. The van der Waals surface area contributed by atoms with Crippen molar-refractivity contribution in [1.82, 2.24) is 0 Å². The van der Waals surface area contributed by atoms with E-state index in [-0.39, 0.29) is 20.4 Å². The van der Waals surface area contributed by atoms with Crippen molar-refractivity contribution in [3.8, 4) is 17.2 Å². The number of ether oxygens (including phenoxy) is 6. The van der Waals surface area contributed by atoms with E-state index in [2.05, 4.69) is 0 Å². The van der Waals surface area contributed by atoms with Gasteiger partial charge >= 0.3 is 0 Å². The first-order valence-electron chi connectivity index (χ1n) is 11.9. The lowest BCUT2D eigenvalue weighted by Crippen LogP contribution is -2.32. The van der Waals surface area contributed by atoms with Crippen molar-refractivity contribution in [2.24, 2.45) is 0 Å². The van der Waals surface area contributed by atoms with Crippen LogP contribution in [-0.4, -0.2) is 60.6 Å². The fourth-order valence-corrected chi connectivity index (χ4v) is 5.68. The van der Waals surface area contributed by atoms with Gasteiger partial charge < -0.3 is 28.4 Å². The molecule has 0 N–H and O–H groups in total. The summed E-state index contributed by atoms with van der Waals surface area (Å²) in [4.78, 5) is 37.0. The molecule has 6 rings (SSSR count). The zero-order valence-corrected chi connectivity index (χ0v) is 21.1. The van der Waals surface area contributed by atoms with Gasteiger partial charge in [-0.25, -0.2) is 0 Å². The fourth-order valence-electron chi connectivity index (χ4n) is 5.68. The van der Waals surface area contributed by atoms with Crippen LogP contribution in [0.3, 0.4) is 0 Å². The highest BCUT2D eigenvalue weighted by Crippen LogP contribution is 2.63. The second-order valence-corrected chi connectivity index (χ2v) is 8.81. The van der Waals surface area contributed by atoms with E-state index >= 15 is 0 Å². The highest BCUT2D eigenvalue weighted by molar-refractivity contribution is 5.92. The zero-order chi connectivity index (χ0) is 26.8. The van der Waals surface area contributed by atoms with E-state index in [1.807, 2.05) is 0 Å². The summed E-state index contributed by atoms with van der Waals surface area (Å²) in [6, 6.07) is 10.2. The Balaban J connectivity index is 1.93. The number of carbonyl (C=O) groups is 3. The topological polar surface area (TPSA) is 107 Å². The van der Waals surface area contributed by atoms with E-state index in [9.17, 15) is 14.4 Å². The summed E-state index contributed by atoms with van der Waals surface area (Å²) in [6.07, 6.45) is 2.32. The molecule has 0 heterocycles. The number of benzene rings is 3. The molecule has 2 bridgehead atoms. The van der Waals surface area contributed by atoms with Crippen LogP contribution in [0.25, 0.3) is 0 Å². The lowest BCUT2D eigenvalue weighted by molar-refractivity contribution is 0.0482. The van der Waals surface area contributed by atoms with Gasteiger partial charge in [-0.3, -0.25) is 14.4 Å². The third-order valence-corrected chi connectivity index (χ3v) is 6.95. The molecule has 196 valence electrons. The average molecular weight is 519 g/mol. The minimum atomic E-state index is -0.649. The Kier molecular flexibility index (Phi) is 7.24. The normalized spacial score (nSPS) is 16.2. The summed E-state index contributed by atoms with van der Waals surface area (Å²) in [7, 11) is 4.55. The molecule has 9 nitrogen and oxygen atoms in total. The van der Waals surface area contributed by atoms with Gasteiger partial charge in [-0.15, -0.1) is 0 Å². The molecular formula is C29H26O9. The number of aldehydes is 3. The van der Waals surface area contributed by atoms with E-state index < -0.39 is 11.8 Å². The molecule has 0 spiro atoms. The Bertz CT molecular complexity index is 1240. The second kappa shape index (κ2) is 10.7. The van der Waals surface area contributed by atoms with Gasteiger partial charge in [0.25, 0.3) is 0 Å².